The van der Waals surface area contributed by atoms with Gasteiger partial charge in [0, 0.05) is 44.2 Å². The molecule has 3 rings (SSSR count). The molecule has 0 bridgehead atoms. The minimum atomic E-state index is 0.224. The molecule has 0 spiro atoms. The van der Waals surface area contributed by atoms with Crippen molar-refractivity contribution >= 4 is 22.4 Å². The van der Waals surface area contributed by atoms with E-state index in [1.54, 1.807) is 11.3 Å². The molecule has 1 saturated heterocycles. The second kappa shape index (κ2) is 8.15. The molecule has 0 saturated carbocycles. The summed E-state index contributed by atoms with van der Waals surface area (Å²) in [6.45, 7) is 5.88. The molecule has 1 aromatic carbocycles. The van der Waals surface area contributed by atoms with Crippen LogP contribution in [0.15, 0.2) is 35.8 Å². The summed E-state index contributed by atoms with van der Waals surface area (Å²) in [6, 6.07) is 7.96. The molecule has 2 heterocycles. The average Bonchev–Trinajstić information content (AvgIpc) is 3.15. The zero-order valence-corrected chi connectivity index (χ0v) is 14.8. The smallest absolute Gasteiger partial charge is 0.222 e. The Kier molecular flexibility index (Phi) is 5.69. The molecule has 0 atom stereocenters. The summed E-state index contributed by atoms with van der Waals surface area (Å²) in [5.41, 5.74) is 1.13. The predicted molar refractivity (Wildman–Crippen MR) is 96.8 cm³/mol. The van der Waals surface area contributed by atoms with Crippen LogP contribution in [0.3, 0.4) is 0 Å². The summed E-state index contributed by atoms with van der Waals surface area (Å²) in [5.74, 6) is 1.13. The molecule has 1 amide bonds. The van der Waals surface area contributed by atoms with Crippen LogP contribution in [0.25, 0.3) is 0 Å². The van der Waals surface area contributed by atoms with E-state index in [2.05, 4.69) is 9.88 Å². The van der Waals surface area contributed by atoms with Gasteiger partial charge in [0.2, 0.25) is 5.91 Å². The lowest BCUT2D eigenvalue weighted by Gasteiger charge is -2.34. The zero-order valence-electron chi connectivity index (χ0n) is 14.0. The maximum absolute atomic E-state index is 12.3. The number of hydrogen-bond acceptors (Lipinski definition) is 5. The fourth-order valence-electron chi connectivity index (χ4n) is 2.80. The summed E-state index contributed by atoms with van der Waals surface area (Å²) in [4.78, 5) is 20.8. The number of para-hydroxylation sites is 1. The summed E-state index contributed by atoms with van der Waals surface area (Å²) in [6.07, 6.45) is 3.12. The first-order valence-electron chi connectivity index (χ1n) is 8.34. The second-order valence-electron chi connectivity index (χ2n) is 5.90. The number of piperazine rings is 1. The van der Waals surface area contributed by atoms with Gasteiger partial charge in [-0.1, -0.05) is 18.2 Å². The van der Waals surface area contributed by atoms with E-state index >= 15 is 0 Å². The van der Waals surface area contributed by atoms with Crippen molar-refractivity contribution in [1.29, 1.82) is 0 Å². The summed E-state index contributed by atoms with van der Waals surface area (Å²) < 4.78 is 5.75. The normalized spacial score (nSPS) is 14.7. The fourth-order valence-corrected chi connectivity index (χ4v) is 3.50. The van der Waals surface area contributed by atoms with Crippen LogP contribution in [0, 0.1) is 6.92 Å². The Morgan fingerprint density at radius 3 is 2.75 bits per heavy atom. The lowest BCUT2D eigenvalue weighted by atomic mass is 10.2. The number of aryl methyl sites for hydroxylation is 1. The number of benzene rings is 1. The molecule has 2 aromatic rings. The van der Waals surface area contributed by atoms with Crippen LogP contribution in [0.1, 0.15) is 18.4 Å². The van der Waals surface area contributed by atoms with Crippen LogP contribution in [-0.4, -0.2) is 48.6 Å². The third-order valence-corrected chi connectivity index (χ3v) is 5.04. The number of rotatable bonds is 6. The molecule has 128 valence electrons. The van der Waals surface area contributed by atoms with Crippen LogP contribution >= 0.6 is 11.3 Å². The summed E-state index contributed by atoms with van der Waals surface area (Å²) >= 11 is 1.65. The largest absolute Gasteiger partial charge is 0.493 e. The Balaban J connectivity index is 1.36. The first-order chi connectivity index (χ1) is 11.7. The van der Waals surface area contributed by atoms with E-state index in [0.717, 1.165) is 49.0 Å². The molecule has 1 aromatic heterocycles. The highest BCUT2D eigenvalue weighted by Crippen LogP contribution is 2.19. The molecule has 0 unspecified atom stereocenters. The molecule has 24 heavy (non-hydrogen) atoms. The summed E-state index contributed by atoms with van der Waals surface area (Å²) in [5, 5.41) is 3.04. The molecule has 1 aliphatic rings. The molecule has 0 radical (unpaired) electrons. The quantitative estimate of drug-likeness (QED) is 0.755. The SMILES string of the molecule is Cc1ccccc1OCCCC(=O)N1CCN(c2nccs2)CC1. The van der Waals surface area contributed by atoms with Crippen molar-refractivity contribution in [2.24, 2.45) is 0 Å². The van der Waals surface area contributed by atoms with Gasteiger partial charge in [-0.25, -0.2) is 4.98 Å². The molecule has 1 aliphatic heterocycles. The van der Waals surface area contributed by atoms with Gasteiger partial charge in [-0.3, -0.25) is 4.79 Å². The number of anilines is 1. The van der Waals surface area contributed by atoms with Crippen molar-refractivity contribution in [2.75, 3.05) is 37.7 Å². The molecule has 0 N–H and O–H groups in total. The third kappa shape index (κ3) is 4.26. The molecule has 6 heteroatoms. The van der Waals surface area contributed by atoms with Crippen LogP contribution < -0.4 is 9.64 Å². The predicted octanol–water partition coefficient (Wildman–Crippen LogP) is 2.96. The van der Waals surface area contributed by atoms with Gasteiger partial charge in [0.25, 0.3) is 0 Å². The molecule has 5 nitrogen and oxygen atoms in total. The van der Waals surface area contributed by atoms with Crippen LogP contribution in [-0.2, 0) is 4.79 Å². The van der Waals surface area contributed by atoms with Gasteiger partial charge < -0.3 is 14.5 Å². The maximum Gasteiger partial charge on any atom is 0.222 e. The minimum absolute atomic E-state index is 0.224. The lowest BCUT2D eigenvalue weighted by Crippen LogP contribution is -2.48. The van der Waals surface area contributed by atoms with Crippen LogP contribution in [0.5, 0.6) is 5.75 Å². The van der Waals surface area contributed by atoms with Crippen LogP contribution in [0.2, 0.25) is 0 Å². The van der Waals surface area contributed by atoms with Gasteiger partial charge in [-0.15, -0.1) is 11.3 Å². The number of carbonyl (C=O) groups excluding carboxylic acids is 1. The molecular formula is C18H23N3O2S. The third-order valence-electron chi connectivity index (χ3n) is 4.21. The Bertz CT molecular complexity index is 652. The molecule has 1 fully saturated rings. The number of ether oxygens (including phenoxy) is 1. The fraction of sp³-hybridized carbons (Fsp3) is 0.444. The Labute approximate surface area is 146 Å². The van der Waals surface area contributed by atoms with Gasteiger partial charge in [-0.05, 0) is 25.0 Å². The van der Waals surface area contributed by atoms with Crippen molar-refractivity contribution in [1.82, 2.24) is 9.88 Å². The van der Waals surface area contributed by atoms with E-state index in [1.807, 2.05) is 47.7 Å². The monoisotopic (exact) mass is 345 g/mol. The standard InChI is InChI=1S/C18H23N3O2S/c1-15-5-2-3-6-16(15)23-13-4-7-17(22)20-9-11-21(12-10-20)18-19-8-14-24-18/h2-3,5-6,8,14H,4,7,9-13H2,1H3. The van der Waals surface area contributed by atoms with Gasteiger partial charge >= 0.3 is 0 Å². The summed E-state index contributed by atoms with van der Waals surface area (Å²) in [7, 11) is 0. The van der Waals surface area contributed by atoms with E-state index in [-0.39, 0.29) is 5.91 Å². The molecular weight excluding hydrogens is 322 g/mol. The van der Waals surface area contributed by atoms with E-state index in [9.17, 15) is 4.79 Å². The Hall–Kier alpha value is -2.08. The maximum atomic E-state index is 12.3. The van der Waals surface area contributed by atoms with Gasteiger partial charge in [0.05, 0.1) is 6.61 Å². The number of thiazole rings is 1. The van der Waals surface area contributed by atoms with Crippen molar-refractivity contribution in [2.45, 2.75) is 19.8 Å². The number of carbonyl (C=O) groups is 1. The van der Waals surface area contributed by atoms with Crippen molar-refractivity contribution in [3.05, 3.63) is 41.4 Å². The highest BCUT2D eigenvalue weighted by atomic mass is 32.1. The highest BCUT2D eigenvalue weighted by Gasteiger charge is 2.21. The van der Waals surface area contributed by atoms with Crippen molar-refractivity contribution in [3.63, 3.8) is 0 Å². The molecule has 0 aliphatic carbocycles. The zero-order chi connectivity index (χ0) is 16.8. The first kappa shape index (κ1) is 16.8. The lowest BCUT2D eigenvalue weighted by molar-refractivity contribution is -0.131. The van der Waals surface area contributed by atoms with Gasteiger partial charge in [0.15, 0.2) is 5.13 Å². The highest BCUT2D eigenvalue weighted by molar-refractivity contribution is 7.13. The number of nitrogens with zero attached hydrogens (tertiary/aromatic N) is 3. The van der Waals surface area contributed by atoms with Gasteiger partial charge in [-0.2, -0.15) is 0 Å². The number of aromatic nitrogens is 1. The Morgan fingerprint density at radius 2 is 2.04 bits per heavy atom. The van der Waals surface area contributed by atoms with E-state index in [4.69, 9.17) is 4.74 Å². The number of amides is 1. The van der Waals surface area contributed by atoms with E-state index in [1.165, 1.54) is 0 Å². The topological polar surface area (TPSA) is 45.7 Å². The van der Waals surface area contributed by atoms with Crippen molar-refractivity contribution < 1.29 is 9.53 Å². The van der Waals surface area contributed by atoms with E-state index in [0.29, 0.717) is 13.0 Å². The van der Waals surface area contributed by atoms with Crippen molar-refractivity contribution in [3.8, 4) is 5.75 Å². The van der Waals surface area contributed by atoms with Crippen LogP contribution in [0.4, 0.5) is 5.13 Å². The second-order valence-corrected chi connectivity index (χ2v) is 6.77. The van der Waals surface area contributed by atoms with Gasteiger partial charge in [0.1, 0.15) is 5.75 Å². The minimum Gasteiger partial charge on any atom is -0.493 e. The number of hydrogen-bond donors (Lipinski definition) is 0. The first-order valence-corrected chi connectivity index (χ1v) is 9.22. The van der Waals surface area contributed by atoms with E-state index < -0.39 is 0 Å². The Morgan fingerprint density at radius 1 is 1.25 bits per heavy atom. The average molecular weight is 345 g/mol.